The molecule has 0 unspecified atom stereocenters. The number of esters is 3. The number of nitrogens with zero attached hydrogens (tertiary/aromatic N) is 1. The summed E-state index contributed by atoms with van der Waals surface area (Å²) in [5.74, 6) is -3.62. The summed E-state index contributed by atoms with van der Waals surface area (Å²) in [6.07, 6.45) is 0. The highest BCUT2D eigenvalue weighted by Crippen LogP contribution is 2.54. The molecule has 1 amide bonds. The Morgan fingerprint density at radius 2 is 1.72 bits per heavy atom. The van der Waals surface area contributed by atoms with E-state index < -0.39 is 35.8 Å². The highest BCUT2D eigenvalue weighted by atomic mass is 16.5. The first-order valence-electron chi connectivity index (χ1n) is 9.97. The summed E-state index contributed by atoms with van der Waals surface area (Å²) in [5.41, 5.74) is 4.07. The number of hydrogen-bond acceptors (Lipinski definition) is 9. The lowest BCUT2D eigenvalue weighted by Gasteiger charge is -2.36. The Balaban J connectivity index is 2.36. The van der Waals surface area contributed by atoms with E-state index in [1.807, 2.05) is 0 Å². The largest absolute Gasteiger partial charge is 0.466 e. The van der Waals surface area contributed by atoms with Crippen molar-refractivity contribution in [2.45, 2.75) is 26.2 Å². The van der Waals surface area contributed by atoms with Gasteiger partial charge in [-0.3, -0.25) is 14.5 Å². The van der Waals surface area contributed by atoms with Gasteiger partial charge in [0.15, 0.2) is 0 Å². The first kappa shape index (κ1) is 22.9. The molecule has 1 aromatic rings. The van der Waals surface area contributed by atoms with Crippen molar-refractivity contribution in [2.75, 3.05) is 31.8 Å². The third kappa shape index (κ3) is 3.28. The van der Waals surface area contributed by atoms with Crippen LogP contribution in [0.5, 0.6) is 0 Å². The predicted octanol–water partition coefficient (Wildman–Crippen LogP) is 1.04. The number of benzene rings is 1. The van der Waals surface area contributed by atoms with Crippen molar-refractivity contribution in [3.05, 3.63) is 52.6 Å². The Hall–Kier alpha value is -3.82. The fourth-order valence-corrected chi connectivity index (χ4v) is 4.13. The van der Waals surface area contributed by atoms with Crippen LogP contribution in [0.15, 0.2) is 47.1 Å². The maximum Gasteiger partial charge on any atom is 0.341 e. The van der Waals surface area contributed by atoms with E-state index in [4.69, 9.17) is 24.7 Å². The van der Waals surface area contributed by atoms with Crippen molar-refractivity contribution in [3.8, 4) is 0 Å². The van der Waals surface area contributed by atoms with Crippen molar-refractivity contribution >= 4 is 29.5 Å². The van der Waals surface area contributed by atoms with Gasteiger partial charge in [0.2, 0.25) is 11.8 Å². The minimum absolute atomic E-state index is 0.00960. The lowest BCUT2D eigenvalue weighted by molar-refractivity contribution is -0.143. The molecule has 2 aliphatic rings. The number of allylic oxidation sites excluding steroid dienone is 1. The number of fused-ring (bicyclic) bond motifs is 2. The molecule has 2 N–H and O–H groups in total. The van der Waals surface area contributed by atoms with E-state index in [1.54, 1.807) is 38.1 Å². The van der Waals surface area contributed by atoms with Crippen molar-refractivity contribution in [1.82, 2.24) is 0 Å². The molecule has 0 fully saturated rings. The van der Waals surface area contributed by atoms with Gasteiger partial charge in [-0.1, -0.05) is 18.2 Å². The first-order valence-corrected chi connectivity index (χ1v) is 9.97. The minimum Gasteiger partial charge on any atom is -0.466 e. The van der Waals surface area contributed by atoms with Gasteiger partial charge in [0.25, 0.3) is 0 Å². The van der Waals surface area contributed by atoms with Gasteiger partial charge in [-0.15, -0.1) is 0 Å². The van der Waals surface area contributed by atoms with E-state index >= 15 is 0 Å². The number of para-hydroxylation sites is 1. The second-order valence-corrected chi connectivity index (χ2v) is 6.95. The standard InChI is InChI=1S/C22H24N2O8/c1-5-30-15(25)11-24-14-10-8-7-9-13(14)22(21(24)28)16(19(26)29-4)12(3)32-18(23)17(22)20(27)31-6-2/h7-10H,5-6,11,23H2,1-4H3/t22-/m0/s1. The zero-order chi connectivity index (χ0) is 23.6. The Labute approximate surface area is 184 Å². The second-order valence-electron chi connectivity index (χ2n) is 6.95. The van der Waals surface area contributed by atoms with Crippen molar-refractivity contribution in [1.29, 1.82) is 0 Å². The van der Waals surface area contributed by atoms with E-state index in [0.717, 1.165) is 12.0 Å². The molecule has 0 saturated heterocycles. The number of ether oxygens (including phenoxy) is 4. The van der Waals surface area contributed by atoms with Crippen LogP contribution < -0.4 is 10.6 Å². The van der Waals surface area contributed by atoms with Crippen LogP contribution >= 0.6 is 0 Å². The Kier molecular flexibility index (Phi) is 6.24. The summed E-state index contributed by atoms with van der Waals surface area (Å²) in [4.78, 5) is 53.4. The zero-order valence-electron chi connectivity index (χ0n) is 18.2. The summed E-state index contributed by atoms with van der Waals surface area (Å²) in [5, 5.41) is 0. The highest BCUT2D eigenvalue weighted by molar-refractivity contribution is 6.23. The minimum atomic E-state index is -2.02. The molecule has 10 nitrogen and oxygen atoms in total. The lowest BCUT2D eigenvalue weighted by atomic mass is 9.67. The molecule has 32 heavy (non-hydrogen) atoms. The quantitative estimate of drug-likeness (QED) is 0.504. The number of methoxy groups -OCH3 is 1. The third-order valence-electron chi connectivity index (χ3n) is 5.24. The molecule has 2 aliphatic heterocycles. The number of carbonyl (C=O) groups is 4. The fourth-order valence-electron chi connectivity index (χ4n) is 4.13. The molecule has 0 saturated carbocycles. The van der Waals surface area contributed by atoms with Gasteiger partial charge in [0.05, 0.1) is 20.3 Å². The van der Waals surface area contributed by atoms with Crippen molar-refractivity contribution in [2.24, 2.45) is 5.73 Å². The summed E-state index contributed by atoms with van der Waals surface area (Å²) >= 11 is 0. The van der Waals surface area contributed by atoms with Gasteiger partial charge < -0.3 is 24.7 Å². The number of anilines is 1. The van der Waals surface area contributed by atoms with E-state index in [1.165, 1.54) is 6.92 Å². The molecule has 3 rings (SSSR count). The summed E-state index contributed by atoms with van der Waals surface area (Å²) in [6.45, 7) is 4.34. The van der Waals surface area contributed by atoms with Crippen molar-refractivity contribution < 1.29 is 38.1 Å². The molecule has 0 aliphatic carbocycles. The zero-order valence-corrected chi connectivity index (χ0v) is 18.2. The van der Waals surface area contributed by atoms with Crippen molar-refractivity contribution in [3.63, 3.8) is 0 Å². The van der Waals surface area contributed by atoms with Crippen LogP contribution in [-0.4, -0.2) is 50.7 Å². The first-order chi connectivity index (χ1) is 15.2. The predicted molar refractivity (Wildman–Crippen MR) is 111 cm³/mol. The summed E-state index contributed by atoms with van der Waals surface area (Å²) in [7, 11) is 1.14. The van der Waals surface area contributed by atoms with Crippen LogP contribution in [0, 0.1) is 0 Å². The average Bonchev–Trinajstić information content (AvgIpc) is 2.97. The number of carbonyl (C=O) groups excluding carboxylic acids is 4. The fraction of sp³-hybridized carbons (Fsp3) is 0.364. The molecule has 0 aromatic heterocycles. The Morgan fingerprint density at radius 3 is 2.34 bits per heavy atom. The van der Waals surface area contributed by atoms with Gasteiger partial charge in [0.1, 0.15) is 28.9 Å². The molecule has 170 valence electrons. The van der Waals surface area contributed by atoms with E-state index in [-0.39, 0.29) is 41.6 Å². The molecule has 2 heterocycles. The molecular formula is C22H24N2O8. The number of nitrogens with two attached hydrogens (primary N) is 1. The molecular weight excluding hydrogens is 420 g/mol. The molecule has 0 radical (unpaired) electrons. The third-order valence-corrected chi connectivity index (χ3v) is 5.24. The number of amides is 1. The van der Waals surface area contributed by atoms with Gasteiger partial charge in [-0.05, 0) is 26.8 Å². The van der Waals surface area contributed by atoms with Crippen LogP contribution in [0.25, 0.3) is 0 Å². The SMILES string of the molecule is CCOC(=O)CN1C(=O)[C@]2(C(C(=O)OC)=C(C)OC(N)=C2C(=O)OCC)c2ccccc21. The van der Waals surface area contributed by atoms with Gasteiger partial charge in [-0.2, -0.15) is 0 Å². The van der Waals surface area contributed by atoms with Gasteiger partial charge in [0, 0.05) is 11.3 Å². The molecule has 10 heteroatoms. The lowest BCUT2D eigenvalue weighted by Crippen LogP contribution is -2.51. The number of hydrogen-bond donors (Lipinski definition) is 1. The summed E-state index contributed by atoms with van der Waals surface area (Å²) in [6, 6.07) is 6.47. The highest BCUT2D eigenvalue weighted by Gasteiger charge is 2.64. The van der Waals surface area contributed by atoms with Crippen LogP contribution in [0.2, 0.25) is 0 Å². The maximum atomic E-state index is 14.0. The average molecular weight is 444 g/mol. The topological polar surface area (TPSA) is 134 Å². The number of rotatable bonds is 6. The summed E-state index contributed by atoms with van der Waals surface area (Å²) < 4.78 is 20.6. The van der Waals surface area contributed by atoms with Crippen LogP contribution in [-0.2, 0) is 43.5 Å². The van der Waals surface area contributed by atoms with E-state index in [2.05, 4.69) is 0 Å². The normalized spacial score (nSPS) is 19.6. The molecule has 0 bridgehead atoms. The van der Waals surface area contributed by atoms with Crippen LogP contribution in [0.4, 0.5) is 5.69 Å². The molecule has 1 spiro atoms. The Morgan fingerprint density at radius 1 is 1.06 bits per heavy atom. The maximum absolute atomic E-state index is 14.0. The molecule has 1 atom stereocenters. The van der Waals surface area contributed by atoms with E-state index in [0.29, 0.717) is 5.69 Å². The van der Waals surface area contributed by atoms with Crippen LogP contribution in [0.3, 0.4) is 0 Å². The van der Waals surface area contributed by atoms with Gasteiger partial charge >= 0.3 is 17.9 Å². The van der Waals surface area contributed by atoms with Gasteiger partial charge in [-0.25, -0.2) is 9.59 Å². The van der Waals surface area contributed by atoms with E-state index in [9.17, 15) is 19.2 Å². The molecule has 1 aromatic carbocycles. The smallest absolute Gasteiger partial charge is 0.341 e. The second kappa shape index (κ2) is 8.74. The monoisotopic (exact) mass is 444 g/mol. The van der Waals surface area contributed by atoms with Crippen LogP contribution in [0.1, 0.15) is 26.3 Å². The Bertz CT molecular complexity index is 1060.